The molecule has 0 fully saturated rings. The van der Waals surface area contributed by atoms with Gasteiger partial charge in [0.1, 0.15) is 0 Å². The molecule has 3 rings (SSSR count). The highest BCUT2D eigenvalue weighted by Crippen LogP contribution is 2.37. The second-order valence-electron chi connectivity index (χ2n) is 4.66. The van der Waals surface area contributed by atoms with Gasteiger partial charge in [0.15, 0.2) is 5.78 Å². The zero-order valence-electron chi connectivity index (χ0n) is 10.6. The Kier molecular flexibility index (Phi) is 4.15. The molecule has 1 nitrogen and oxygen atoms in total. The molecule has 0 atom stereocenters. The lowest BCUT2D eigenvalue weighted by Crippen LogP contribution is -2.01. The van der Waals surface area contributed by atoms with E-state index < -0.39 is 0 Å². The van der Waals surface area contributed by atoms with Crippen molar-refractivity contribution in [3.8, 4) is 0 Å². The molecule has 0 aliphatic carbocycles. The van der Waals surface area contributed by atoms with E-state index in [9.17, 15) is 4.79 Å². The van der Waals surface area contributed by atoms with Crippen molar-refractivity contribution in [2.45, 2.75) is 0 Å². The Bertz CT molecular complexity index is 890. The molecule has 0 saturated heterocycles. The first kappa shape index (κ1) is 15.1. The van der Waals surface area contributed by atoms with Crippen LogP contribution in [0.5, 0.6) is 0 Å². The van der Waals surface area contributed by atoms with Crippen LogP contribution in [0.2, 0.25) is 15.1 Å². The minimum Gasteiger partial charge on any atom is -0.293 e. The summed E-state index contributed by atoms with van der Waals surface area (Å²) in [6, 6.07) is 10.8. The summed E-state index contributed by atoms with van der Waals surface area (Å²) in [4.78, 5) is 12.2. The van der Waals surface area contributed by atoms with E-state index in [0.717, 1.165) is 21.5 Å². The predicted molar refractivity (Wildman–Crippen MR) is 94.6 cm³/mol. The third kappa shape index (κ3) is 2.66. The summed E-state index contributed by atoms with van der Waals surface area (Å²) in [6.07, 6.45) is 0. The maximum absolute atomic E-state index is 12.2. The Balaban J connectivity index is 2.57. The first-order valence-electron chi connectivity index (χ1n) is 6.11. The molecule has 0 aromatic heterocycles. The van der Waals surface area contributed by atoms with Crippen LogP contribution in [0.3, 0.4) is 0 Å². The van der Waals surface area contributed by atoms with Gasteiger partial charge >= 0.3 is 0 Å². The molecule has 0 aliphatic heterocycles. The maximum atomic E-state index is 12.2. The van der Waals surface area contributed by atoms with Crippen molar-refractivity contribution in [1.82, 2.24) is 0 Å². The Morgan fingerprint density at radius 2 is 1.71 bits per heavy atom. The topological polar surface area (TPSA) is 17.1 Å². The predicted octanol–water partition coefficient (Wildman–Crippen LogP) is 6.53. The van der Waals surface area contributed by atoms with E-state index in [-0.39, 0.29) is 11.1 Å². The zero-order valence-corrected chi connectivity index (χ0v) is 14.4. The fourth-order valence-electron chi connectivity index (χ4n) is 2.48. The highest BCUT2D eigenvalue weighted by Gasteiger charge is 2.15. The van der Waals surface area contributed by atoms with Crippen molar-refractivity contribution in [3.05, 3.63) is 57.0 Å². The van der Waals surface area contributed by atoms with Gasteiger partial charge in [0.25, 0.3) is 0 Å². The molecular weight excluding hydrogens is 394 g/mol. The fourth-order valence-corrected chi connectivity index (χ4v) is 3.55. The van der Waals surface area contributed by atoms with Gasteiger partial charge in [0.05, 0.1) is 10.4 Å². The van der Waals surface area contributed by atoms with Gasteiger partial charge in [-0.15, -0.1) is 0 Å². The number of rotatable bonds is 2. The highest BCUT2D eigenvalue weighted by molar-refractivity contribution is 9.09. The number of alkyl halides is 1. The van der Waals surface area contributed by atoms with Crippen LogP contribution in [0.1, 0.15) is 10.4 Å². The van der Waals surface area contributed by atoms with Crippen molar-refractivity contribution in [2.24, 2.45) is 0 Å². The Morgan fingerprint density at radius 1 is 0.952 bits per heavy atom. The number of fused-ring (bicyclic) bond motifs is 3. The van der Waals surface area contributed by atoms with Crippen molar-refractivity contribution in [3.63, 3.8) is 0 Å². The third-order valence-electron chi connectivity index (χ3n) is 3.35. The van der Waals surface area contributed by atoms with Crippen LogP contribution in [0.25, 0.3) is 21.5 Å². The molecule has 0 amide bonds. The second-order valence-corrected chi connectivity index (χ2v) is 6.50. The monoisotopic (exact) mass is 400 g/mol. The van der Waals surface area contributed by atoms with E-state index >= 15 is 0 Å². The van der Waals surface area contributed by atoms with Crippen molar-refractivity contribution in [1.29, 1.82) is 0 Å². The molecular formula is C16H8BrCl3O. The van der Waals surface area contributed by atoms with Gasteiger partial charge in [-0.05, 0) is 46.5 Å². The standard InChI is InChI=1S/C16H8BrCl3O/c17-7-15(21)12-4-8-3-9(18)1-2-11(8)16-13(12)5-10(19)6-14(16)20/h1-6H,7H2. The van der Waals surface area contributed by atoms with E-state index in [2.05, 4.69) is 15.9 Å². The van der Waals surface area contributed by atoms with Gasteiger partial charge in [0.2, 0.25) is 0 Å². The average molecular weight is 403 g/mol. The Hall–Kier alpha value is -0.800. The fraction of sp³-hybridized carbons (Fsp3) is 0.0625. The first-order chi connectivity index (χ1) is 10.0. The van der Waals surface area contributed by atoms with Crippen molar-refractivity contribution < 1.29 is 4.79 Å². The second kappa shape index (κ2) is 5.77. The number of Topliss-reactive ketones (excluding diaryl/α,β-unsaturated/α-hetero) is 1. The molecule has 0 radical (unpaired) electrons. The number of carbonyl (C=O) groups is 1. The Labute approximate surface area is 144 Å². The molecule has 0 aliphatic rings. The summed E-state index contributed by atoms with van der Waals surface area (Å²) in [7, 11) is 0. The van der Waals surface area contributed by atoms with Crippen LogP contribution in [0.15, 0.2) is 36.4 Å². The lowest BCUT2D eigenvalue weighted by molar-refractivity contribution is 0.102. The number of hydrogen-bond acceptors (Lipinski definition) is 1. The number of hydrogen-bond donors (Lipinski definition) is 0. The molecule has 0 heterocycles. The van der Waals surface area contributed by atoms with Crippen molar-refractivity contribution >= 4 is 78.1 Å². The van der Waals surface area contributed by atoms with E-state index in [0.29, 0.717) is 20.6 Å². The number of halogens is 4. The van der Waals surface area contributed by atoms with Crippen LogP contribution in [-0.2, 0) is 0 Å². The SMILES string of the molecule is O=C(CBr)c1cc2cc(Cl)ccc2c2c(Cl)cc(Cl)cc12. The minimum atomic E-state index is -0.0276. The molecule has 0 saturated carbocycles. The summed E-state index contributed by atoms with van der Waals surface area (Å²) in [5.74, 6) is -0.0276. The largest absolute Gasteiger partial charge is 0.293 e. The van der Waals surface area contributed by atoms with Crippen LogP contribution < -0.4 is 0 Å². The normalized spacial score (nSPS) is 11.2. The van der Waals surface area contributed by atoms with Gasteiger partial charge in [-0.1, -0.05) is 56.8 Å². The molecule has 0 N–H and O–H groups in total. The van der Waals surface area contributed by atoms with Crippen LogP contribution in [0, 0.1) is 0 Å². The van der Waals surface area contributed by atoms with E-state index in [1.807, 2.05) is 18.2 Å². The number of carbonyl (C=O) groups excluding carboxylic acids is 1. The summed E-state index contributed by atoms with van der Waals surface area (Å²) in [5.41, 5.74) is 0.584. The summed E-state index contributed by atoms with van der Waals surface area (Å²) < 4.78 is 0. The van der Waals surface area contributed by atoms with Crippen LogP contribution >= 0.6 is 50.7 Å². The van der Waals surface area contributed by atoms with Gasteiger partial charge in [0, 0.05) is 21.0 Å². The minimum absolute atomic E-state index is 0.0276. The molecule has 5 heteroatoms. The molecule has 21 heavy (non-hydrogen) atoms. The number of benzene rings is 3. The molecule has 106 valence electrons. The summed E-state index contributed by atoms with van der Waals surface area (Å²) in [6.45, 7) is 0. The highest BCUT2D eigenvalue weighted by atomic mass is 79.9. The van der Waals surface area contributed by atoms with Crippen LogP contribution in [-0.4, -0.2) is 11.1 Å². The lowest BCUT2D eigenvalue weighted by Gasteiger charge is -2.11. The van der Waals surface area contributed by atoms with E-state index in [4.69, 9.17) is 34.8 Å². The van der Waals surface area contributed by atoms with Gasteiger partial charge < -0.3 is 0 Å². The van der Waals surface area contributed by atoms with Gasteiger partial charge in [-0.3, -0.25) is 4.79 Å². The van der Waals surface area contributed by atoms with Gasteiger partial charge in [-0.25, -0.2) is 0 Å². The van der Waals surface area contributed by atoms with Crippen molar-refractivity contribution in [2.75, 3.05) is 5.33 Å². The molecule has 0 spiro atoms. The first-order valence-corrected chi connectivity index (χ1v) is 8.37. The van der Waals surface area contributed by atoms with Crippen LogP contribution in [0.4, 0.5) is 0 Å². The number of ketones is 1. The molecule has 0 bridgehead atoms. The lowest BCUT2D eigenvalue weighted by atomic mass is 9.95. The molecule has 0 unspecified atom stereocenters. The average Bonchev–Trinajstić information content (AvgIpc) is 2.44. The van der Waals surface area contributed by atoms with E-state index in [1.165, 1.54) is 0 Å². The summed E-state index contributed by atoms with van der Waals surface area (Å²) >= 11 is 21.7. The van der Waals surface area contributed by atoms with E-state index in [1.54, 1.807) is 18.2 Å². The zero-order chi connectivity index (χ0) is 15.1. The third-order valence-corrected chi connectivity index (χ3v) is 4.61. The Morgan fingerprint density at radius 3 is 2.43 bits per heavy atom. The molecule has 3 aromatic carbocycles. The summed E-state index contributed by atoms with van der Waals surface area (Å²) in [5, 5.41) is 5.28. The quantitative estimate of drug-likeness (QED) is 0.270. The molecule has 3 aromatic rings. The van der Waals surface area contributed by atoms with Gasteiger partial charge in [-0.2, -0.15) is 0 Å². The maximum Gasteiger partial charge on any atom is 0.174 e. The smallest absolute Gasteiger partial charge is 0.174 e.